The van der Waals surface area contributed by atoms with Gasteiger partial charge in [-0.2, -0.15) is 0 Å². The number of hydrogen-bond acceptors (Lipinski definition) is 8. The summed E-state index contributed by atoms with van der Waals surface area (Å²) in [4.78, 5) is 35.6. The summed E-state index contributed by atoms with van der Waals surface area (Å²) < 4.78 is 0. The van der Waals surface area contributed by atoms with Gasteiger partial charge in [-0.15, -0.1) is 52.6 Å². The van der Waals surface area contributed by atoms with Gasteiger partial charge in [-0.25, -0.2) is 0 Å². The average Bonchev–Trinajstić information content (AvgIpc) is 2.44. The molecule has 0 rings (SSSR count). The van der Waals surface area contributed by atoms with Gasteiger partial charge in [0.15, 0.2) is 0 Å². The standard InChI is InChI=1S/4C2H4O2.4C2H4/c4*1-2(3)4;4*1-2/h4*1H3,(H,3,4);4*1-2H2/p-4. The lowest BCUT2D eigenvalue weighted by Gasteiger charge is -1.77. The molecule has 0 N–H and O–H groups in total. The molecule has 0 saturated carbocycles. The predicted molar refractivity (Wildman–Crippen MR) is 87.7 cm³/mol. The summed E-state index contributed by atoms with van der Waals surface area (Å²) in [5.41, 5.74) is 0. The molecule has 0 atom stereocenters. The van der Waals surface area contributed by atoms with Crippen molar-refractivity contribution < 1.29 is 39.6 Å². The van der Waals surface area contributed by atoms with Gasteiger partial charge < -0.3 is 39.6 Å². The second-order valence-corrected chi connectivity index (χ2v) is 1.97. The zero-order valence-electron chi connectivity index (χ0n) is 14.9. The Morgan fingerprint density at radius 1 is 0.417 bits per heavy atom. The Hall–Kier alpha value is -3.16. The highest BCUT2D eigenvalue weighted by Gasteiger charge is 1.47. The smallest absolute Gasteiger partial charge is 0.0383 e. The average molecular weight is 348 g/mol. The minimum atomic E-state index is -1.08. The van der Waals surface area contributed by atoms with Gasteiger partial charge in [-0.3, -0.25) is 0 Å². The van der Waals surface area contributed by atoms with Crippen LogP contribution < -0.4 is 20.4 Å². The molecule has 0 aromatic heterocycles. The SMILES string of the molecule is C=C.C=C.C=C.C=C.CC(=O)[O-].CC(=O)[O-].CC(=O)[O-].CC(=O)[O-]. The maximum Gasteiger partial charge on any atom is 0.0383 e. The highest BCUT2D eigenvalue weighted by Crippen LogP contribution is 1.32. The highest BCUT2D eigenvalue weighted by molar-refractivity contribution is 5.61. The highest BCUT2D eigenvalue weighted by atomic mass is 16.4. The lowest BCUT2D eigenvalue weighted by Crippen LogP contribution is -2.16. The van der Waals surface area contributed by atoms with E-state index in [9.17, 15) is 0 Å². The van der Waals surface area contributed by atoms with Crippen LogP contribution in [0.4, 0.5) is 0 Å². The van der Waals surface area contributed by atoms with Crippen molar-refractivity contribution in [3.8, 4) is 0 Å². The van der Waals surface area contributed by atoms with Crippen LogP contribution in [0.5, 0.6) is 0 Å². The Balaban J connectivity index is -0.0000000208. The summed E-state index contributed by atoms with van der Waals surface area (Å²) in [6, 6.07) is 0. The molecular formula is C16H28O8-4. The van der Waals surface area contributed by atoms with Crippen LogP contribution in [0.2, 0.25) is 0 Å². The lowest BCUT2D eigenvalue weighted by atomic mass is 10.9. The minimum absolute atomic E-state index is 0.972. The van der Waals surface area contributed by atoms with E-state index in [2.05, 4.69) is 52.6 Å². The van der Waals surface area contributed by atoms with E-state index in [1.165, 1.54) is 0 Å². The molecule has 24 heavy (non-hydrogen) atoms. The summed E-state index contributed by atoms with van der Waals surface area (Å²) in [7, 11) is 0. The molecule has 0 bridgehead atoms. The molecule has 0 unspecified atom stereocenters. The third-order valence-corrected chi connectivity index (χ3v) is 0. The summed E-state index contributed by atoms with van der Waals surface area (Å²) >= 11 is 0. The molecule has 0 spiro atoms. The van der Waals surface area contributed by atoms with E-state index in [1.54, 1.807) is 0 Å². The lowest BCUT2D eigenvalue weighted by molar-refractivity contribution is -0.303. The first-order valence-electron chi connectivity index (χ1n) is 5.63. The first kappa shape index (κ1) is 49.8. The number of rotatable bonds is 0. The molecule has 0 radical (unpaired) electrons. The van der Waals surface area contributed by atoms with Crippen LogP contribution in [-0.2, 0) is 19.2 Å². The second-order valence-electron chi connectivity index (χ2n) is 1.97. The fourth-order valence-electron chi connectivity index (χ4n) is 0. The Labute approximate surface area is 144 Å². The van der Waals surface area contributed by atoms with E-state index in [0.29, 0.717) is 0 Å². The van der Waals surface area contributed by atoms with Crippen molar-refractivity contribution >= 4 is 23.9 Å². The van der Waals surface area contributed by atoms with Crippen molar-refractivity contribution in [3.05, 3.63) is 52.6 Å². The number of carboxylic acids is 4. The molecule has 8 nitrogen and oxygen atoms in total. The molecule has 0 amide bonds. The summed E-state index contributed by atoms with van der Waals surface area (Å²) in [6.45, 7) is 27.9. The molecular weight excluding hydrogens is 320 g/mol. The van der Waals surface area contributed by atoms with E-state index >= 15 is 0 Å². The van der Waals surface area contributed by atoms with Crippen molar-refractivity contribution in [1.29, 1.82) is 0 Å². The molecule has 0 heterocycles. The van der Waals surface area contributed by atoms with Crippen molar-refractivity contribution in [2.75, 3.05) is 0 Å². The van der Waals surface area contributed by atoms with E-state index in [4.69, 9.17) is 39.6 Å². The van der Waals surface area contributed by atoms with E-state index in [1.807, 2.05) is 0 Å². The second kappa shape index (κ2) is 90.1. The van der Waals surface area contributed by atoms with E-state index in [0.717, 1.165) is 27.7 Å². The predicted octanol–water partition coefficient (Wildman–Crippen LogP) is -1.77. The fourth-order valence-corrected chi connectivity index (χ4v) is 0. The fraction of sp³-hybridized carbons (Fsp3) is 0.250. The van der Waals surface area contributed by atoms with Crippen molar-refractivity contribution in [2.24, 2.45) is 0 Å². The van der Waals surface area contributed by atoms with Crippen LogP contribution >= 0.6 is 0 Å². The Kier molecular flexibility index (Phi) is 187. The van der Waals surface area contributed by atoms with Gasteiger partial charge in [0, 0.05) is 23.9 Å². The van der Waals surface area contributed by atoms with Crippen LogP contribution in [-0.4, -0.2) is 23.9 Å². The summed E-state index contributed by atoms with van der Waals surface area (Å²) in [6.07, 6.45) is 0. The van der Waals surface area contributed by atoms with Crippen molar-refractivity contribution in [1.82, 2.24) is 0 Å². The van der Waals surface area contributed by atoms with Gasteiger partial charge in [0.05, 0.1) is 0 Å². The number of carbonyl (C=O) groups excluding carboxylic acids is 4. The molecule has 0 aromatic carbocycles. The Bertz CT molecular complexity index is 203. The van der Waals surface area contributed by atoms with Crippen LogP contribution in [0.15, 0.2) is 52.6 Å². The molecule has 8 heteroatoms. The summed E-state index contributed by atoms with van der Waals surface area (Å²) in [5, 5.41) is 35.6. The maximum absolute atomic E-state index is 8.89. The van der Waals surface area contributed by atoms with Crippen LogP contribution in [0.25, 0.3) is 0 Å². The summed E-state index contributed by atoms with van der Waals surface area (Å²) in [5.74, 6) is -4.33. The Morgan fingerprint density at radius 3 is 0.417 bits per heavy atom. The monoisotopic (exact) mass is 348 g/mol. The molecule has 0 aliphatic carbocycles. The first-order valence-corrected chi connectivity index (χ1v) is 5.63. The first-order chi connectivity index (χ1) is 10.9. The normalized spacial score (nSPS) is 4.83. The van der Waals surface area contributed by atoms with Crippen LogP contribution in [0, 0.1) is 0 Å². The molecule has 0 aromatic rings. The third-order valence-electron chi connectivity index (χ3n) is 0. The topological polar surface area (TPSA) is 161 Å². The molecule has 0 aliphatic rings. The van der Waals surface area contributed by atoms with Gasteiger partial charge in [0.1, 0.15) is 0 Å². The van der Waals surface area contributed by atoms with E-state index < -0.39 is 23.9 Å². The van der Waals surface area contributed by atoms with Crippen LogP contribution in [0.3, 0.4) is 0 Å². The number of hydrogen-bond donors (Lipinski definition) is 0. The zero-order chi connectivity index (χ0) is 22.3. The van der Waals surface area contributed by atoms with Gasteiger partial charge >= 0.3 is 0 Å². The largest absolute Gasteiger partial charge is 0.550 e. The van der Waals surface area contributed by atoms with Gasteiger partial charge in [0.2, 0.25) is 0 Å². The molecule has 0 saturated heterocycles. The van der Waals surface area contributed by atoms with E-state index in [-0.39, 0.29) is 0 Å². The van der Waals surface area contributed by atoms with Gasteiger partial charge in [-0.05, 0) is 27.7 Å². The number of carboxylic acid groups (broad SMARTS) is 4. The van der Waals surface area contributed by atoms with Crippen molar-refractivity contribution in [2.45, 2.75) is 27.7 Å². The quantitative estimate of drug-likeness (QED) is 0.465. The zero-order valence-corrected chi connectivity index (χ0v) is 14.9. The third kappa shape index (κ3) is 600. The van der Waals surface area contributed by atoms with Crippen LogP contribution in [0.1, 0.15) is 27.7 Å². The van der Waals surface area contributed by atoms with Gasteiger partial charge in [-0.1, -0.05) is 0 Å². The number of carbonyl (C=O) groups is 4. The maximum atomic E-state index is 8.89. The number of aliphatic carboxylic acids is 4. The van der Waals surface area contributed by atoms with Gasteiger partial charge in [0.25, 0.3) is 0 Å². The molecule has 0 fully saturated rings. The Morgan fingerprint density at radius 2 is 0.417 bits per heavy atom. The van der Waals surface area contributed by atoms with Crippen molar-refractivity contribution in [3.63, 3.8) is 0 Å². The minimum Gasteiger partial charge on any atom is -0.550 e. The molecule has 0 aliphatic heterocycles. The molecule has 144 valence electrons.